The van der Waals surface area contributed by atoms with Crippen molar-refractivity contribution in [1.82, 2.24) is 5.32 Å². The number of benzene rings is 2. The van der Waals surface area contributed by atoms with Crippen molar-refractivity contribution in [2.75, 3.05) is 11.9 Å². The standard InChI is InChI=1S/C20H15Cl2N3O4S/c1-11(26)23-20-25-19(28)17(30-20)8-12-3-2-4-14(7-12)29-10-18(27)24-13-5-6-15(21)16(22)9-13/h2-9H,10H2,1H3,(H,24,27)(H,23,25,26,28). The number of rotatable bonds is 5. The molecule has 1 heterocycles. The molecule has 1 aliphatic rings. The number of aliphatic imine (C=N–C) groups is 1. The van der Waals surface area contributed by atoms with Crippen LogP contribution < -0.4 is 15.4 Å². The fourth-order valence-corrected chi connectivity index (χ4v) is 3.54. The van der Waals surface area contributed by atoms with Crippen molar-refractivity contribution in [1.29, 1.82) is 0 Å². The highest BCUT2D eigenvalue weighted by molar-refractivity contribution is 8.18. The lowest BCUT2D eigenvalue weighted by Crippen LogP contribution is -2.23. The fraction of sp³-hybridized carbons (Fsp3) is 0.100. The Bertz CT molecular complexity index is 1090. The first kappa shape index (κ1) is 21.9. The molecule has 3 rings (SSSR count). The van der Waals surface area contributed by atoms with Crippen LogP contribution in [0.5, 0.6) is 5.75 Å². The van der Waals surface area contributed by atoms with Crippen LogP contribution in [0.25, 0.3) is 6.08 Å². The van der Waals surface area contributed by atoms with Crippen molar-refractivity contribution in [2.24, 2.45) is 4.99 Å². The topological polar surface area (TPSA) is 96.9 Å². The van der Waals surface area contributed by atoms with Gasteiger partial charge in [-0.1, -0.05) is 35.3 Å². The van der Waals surface area contributed by atoms with Gasteiger partial charge >= 0.3 is 0 Å². The summed E-state index contributed by atoms with van der Waals surface area (Å²) in [5, 5.41) is 6.12. The number of ether oxygens (including phenoxy) is 1. The highest BCUT2D eigenvalue weighted by atomic mass is 35.5. The van der Waals surface area contributed by atoms with Gasteiger partial charge in [-0.25, -0.2) is 0 Å². The molecule has 0 aromatic heterocycles. The largest absolute Gasteiger partial charge is 0.484 e. The second-order valence-electron chi connectivity index (χ2n) is 6.05. The average Bonchev–Trinajstić information content (AvgIpc) is 3.01. The summed E-state index contributed by atoms with van der Waals surface area (Å²) < 4.78 is 5.52. The lowest BCUT2D eigenvalue weighted by molar-refractivity contribution is -0.118. The van der Waals surface area contributed by atoms with E-state index in [9.17, 15) is 14.4 Å². The second kappa shape index (κ2) is 9.80. The molecule has 0 aliphatic carbocycles. The number of nitrogens with one attached hydrogen (secondary N) is 2. The predicted octanol–water partition coefficient (Wildman–Crippen LogP) is 4.12. The molecule has 7 nitrogen and oxygen atoms in total. The van der Waals surface area contributed by atoms with E-state index in [1.165, 1.54) is 6.92 Å². The number of amides is 3. The summed E-state index contributed by atoms with van der Waals surface area (Å²) in [5.74, 6) is -0.653. The molecule has 2 N–H and O–H groups in total. The van der Waals surface area contributed by atoms with Gasteiger partial charge in [0.05, 0.1) is 15.0 Å². The van der Waals surface area contributed by atoms with Crippen LogP contribution in [0.3, 0.4) is 0 Å². The summed E-state index contributed by atoms with van der Waals surface area (Å²) >= 11 is 12.9. The molecule has 2 aromatic carbocycles. The molecule has 0 spiro atoms. The number of carbonyl (C=O) groups is 3. The Hall–Kier alpha value is -2.81. The van der Waals surface area contributed by atoms with Crippen LogP contribution in [0.15, 0.2) is 52.4 Å². The highest BCUT2D eigenvalue weighted by Crippen LogP contribution is 2.28. The summed E-state index contributed by atoms with van der Waals surface area (Å²) in [5.41, 5.74) is 1.19. The van der Waals surface area contributed by atoms with Crippen LogP contribution in [0, 0.1) is 0 Å². The number of nitrogens with zero attached hydrogens (tertiary/aromatic N) is 1. The van der Waals surface area contributed by atoms with Gasteiger partial charge < -0.3 is 15.4 Å². The molecule has 2 aromatic rings. The van der Waals surface area contributed by atoms with Crippen LogP contribution in [0.2, 0.25) is 10.0 Å². The van der Waals surface area contributed by atoms with Gasteiger partial charge in [-0.3, -0.25) is 14.4 Å². The van der Waals surface area contributed by atoms with Crippen LogP contribution in [0.1, 0.15) is 12.5 Å². The zero-order valence-electron chi connectivity index (χ0n) is 15.6. The van der Waals surface area contributed by atoms with Gasteiger partial charge in [0.15, 0.2) is 11.8 Å². The summed E-state index contributed by atoms with van der Waals surface area (Å²) in [6.07, 6.45) is 1.63. The Kier molecular flexibility index (Phi) is 7.15. The molecule has 0 bridgehead atoms. The van der Waals surface area contributed by atoms with Crippen molar-refractivity contribution in [2.45, 2.75) is 6.92 Å². The molecule has 0 saturated heterocycles. The molecule has 3 amide bonds. The van der Waals surface area contributed by atoms with Crippen LogP contribution in [0.4, 0.5) is 5.69 Å². The lowest BCUT2D eigenvalue weighted by atomic mass is 10.2. The van der Waals surface area contributed by atoms with Crippen molar-refractivity contribution in [3.8, 4) is 5.75 Å². The molecular weight excluding hydrogens is 449 g/mol. The molecule has 0 atom stereocenters. The first-order valence-corrected chi connectivity index (χ1v) is 10.2. The Morgan fingerprint density at radius 1 is 1.13 bits per heavy atom. The summed E-state index contributed by atoms with van der Waals surface area (Å²) in [4.78, 5) is 39.3. The quantitative estimate of drug-likeness (QED) is 0.649. The maximum atomic E-state index is 12.1. The normalized spacial score (nSPS) is 14.4. The fourth-order valence-electron chi connectivity index (χ4n) is 2.38. The van der Waals surface area contributed by atoms with Crippen molar-refractivity contribution in [3.63, 3.8) is 0 Å². The van der Waals surface area contributed by atoms with Gasteiger partial charge in [-0.2, -0.15) is 4.99 Å². The number of hydrogen-bond donors (Lipinski definition) is 2. The van der Waals surface area contributed by atoms with Gasteiger partial charge in [0.25, 0.3) is 11.8 Å². The Morgan fingerprint density at radius 2 is 1.93 bits per heavy atom. The van der Waals surface area contributed by atoms with Crippen LogP contribution in [-0.4, -0.2) is 29.5 Å². The van der Waals surface area contributed by atoms with Crippen molar-refractivity contribution >= 4 is 69.6 Å². The number of thioether (sulfide) groups is 1. The monoisotopic (exact) mass is 463 g/mol. The third kappa shape index (κ3) is 6.09. The average molecular weight is 464 g/mol. The Labute approximate surface area is 186 Å². The van der Waals surface area contributed by atoms with E-state index in [4.69, 9.17) is 27.9 Å². The zero-order valence-corrected chi connectivity index (χ0v) is 17.9. The van der Waals surface area contributed by atoms with E-state index in [1.807, 2.05) is 0 Å². The highest BCUT2D eigenvalue weighted by Gasteiger charge is 2.22. The van der Waals surface area contributed by atoms with Gasteiger partial charge in [0, 0.05) is 12.6 Å². The maximum Gasteiger partial charge on any atom is 0.286 e. The van der Waals surface area contributed by atoms with Crippen molar-refractivity contribution in [3.05, 3.63) is 63.0 Å². The van der Waals surface area contributed by atoms with Gasteiger partial charge in [-0.05, 0) is 53.7 Å². The predicted molar refractivity (Wildman–Crippen MR) is 119 cm³/mol. The van der Waals surface area contributed by atoms with E-state index in [0.717, 1.165) is 11.8 Å². The summed E-state index contributed by atoms with van der Waals surface area (Å²) in [6, 6.07) is 11.6. The Morgan fingerprint density at radius 3 is 2.67 bits per heavy atom. The smallest absolute Gasteiger partial charge is 0.286 e. The van der Waals surface area contributed by atoms with Crippen LogP contribution in [-0.2, 0) is 14.4 Å². The molecule has 154 valence electrons. The van der Waals surface area contributed by atoms with E-state index >= 15 is 0 Å². The molecule has 1 aliphatic heterocycles. The van der Waals surface area contributed by atoms with Gasteiger partial charge in [-0.15, -0.1) is 0 Å². The van der Waals surface area contributed by atoms with E-state index in [0.29, 0.717) is 32.0 Å². The van der Waals surface area contributed by atoms with Gasteiger partial charge in [0.2, 0.25) is 5.91 Å². The van der Waals surface area contributed by atoms with E-state index in [2.05, 4.69) is 15.6 Å². The molecule has 0 saturated carbocycles. The zero-order chi connectivity index (χ0) is 21.7. The molecular formula is C20H15Cl2N3O4S. The Balaban J connectivity index is 1.59. The molecule has 10 heteroatoms. The van der Waals surface area contributed by atoms with Gasteiger partial charge in [0.1, 0.15) is 5.75 Å². The molecule has 0 fully saturated rings. The first-order chi connectivity index (χ1) is 14.3. The van der Waals surface area contributed by atoms with Crippen molar-refractivity contribution < 1.29 is 19.1 Å². The third-order valence-electron chi connectivity index (χ3n) is 3.63. The van der Waals surface area contributed by atoms with E-state index in [-0.39, 0.29) is 23.6 Å². The van der Waals surface area contributed by atoms with E-state index in [1.54, 1.807) is 48.5 Å². The molecule has 30 heavy (non-hydrogen) atoms. The SMILES string of the molecule is CC(=O)NC1=NC(=O)C(=Cc2cccc(OCC(=O)Nc3ccc(Cl)c(Cl)c3)c2)S1. The molecule has 0 radical (unpaired) electrons. The number of anilines is 1. The minimum absolute atomic E-state index is 0.219. The number of hydrogen-bond acceptors (Lipinski definition) is 5. The minimum Gasteiger partial charge on any atom is -0.484 e. The number of amidine groups is 1. The number of carbonyl (C=O) groups excluding carboxylic acids is 3. The summed E-state index contributed by atoms with van der Waals surface area (Å²) in [7, 11) is 0. The minimum atomic E-state index is -0.434. The lowest BCUT2D eigenvalue weighted by Gasteiger charge is -2.09. The second-order valence-corrected chi connectivity index (χ2v) is 7.90. The first-order valence-electron chi connectivity index (χ1n) is 8.58. The number of halogens is 2. The summed E-state index contributed by atoms with van der Waals surface area (Å²) in [6.45, 7) is 1.12. The van der Waals surface area contributed by atoms with E-state index < -0.39 is 5.91 Å². The molecule has 0 unspecified atom stereocenters. The maximum absolute atomic E-state index is 12.1. The third-order valence-corrected chi connectivity index (χ3v) is 5.27. The van der Waals surface area contributed by atoms with Crippen LogP contribution >= 0.6 is 35.0 Å².